The Morgan fingerprint density at radius 1 is 1.17 bits per heavy atom. The Balaban J connectivity index is 1.91. The molecule has 1 N–H and O–H groups in total. The SMILES string of the molecule is CC1=CC(C)(C)N(C)c2cc(Cl)c(/C=N\Nc3ccc([N+](=O)[O-])cc3[N+](=O)[O-])cc21. The standard InChI is InChI=1S/C20H20ClN5O4/c1-12-10-20(2,3)24(4)18-9-16(21)13(7-15(12)18)11-22-23-17-6-5-14(25(27)28)8-19(17)26(29)30/h5-11,23H,1-4H3/b22-11-. The number of nitrogens with one attached hydrogen (secondary N) is 1. The van der Waals surface area contributed by atoms with Gasteiger partial charge in [0.2, 0.25) is 0 Å². The monoisotopic (exact) mass is 429 g/mol. The molecule has 156 valence electrons. The van der Waals surface area contributed by atoms with Gasteiger partial charge in [-0.15, -0.1) is 0 Å². The maximum Gasteiger partial charge on any atom is 0.301 e. The molecule has 0 amide bonds. The van der Waals surface area contributed by atoms with Crippen LogP contribution in [-0.4, -0.2) is 28.6 Å². The van der Waals surface area contributed by atoms with Crippen molar-refractivity contribution in [1.82, 2.24) is 0 Å². The fraction of sp³-hybridized carbons (Fsp3) is 0.250. The van der Waals surface area contributed by atoms with Gasteiger partial charge in [-0.1, -0.05) is 17.7 Å². The number of non-ortho nitro benzene ring substituents is 1. The second kappa shape index (κ2) is 7.75. The van der Waals surface area contributed by atoms with Crippen molar-refractivity contribution < 1.29 is 9.85 Å². The molecule has 0 saturated carbocycles. The molecule has 1 aliphatic rings. The zero-order valence-corrected chi connectivity index (χ0v) is 17.6. The number of nitro groups is 2. The van der Waals surface area contributed by atoms with Crippen LogP contribution in [0, 0.1) is 20.2 Å². The summed E-state index contributed by atoms with van der Waals surface area (Å²) in [5.74, 6) is 0. The van der Waals surface area contributed by atoms with E-state index in [1.54, 1.807) is 0 Å². The largest absolute Gasteiger partial charge is 0.365 e. The average Bonchev–Trinajstić information content (AvgIpc) is 2.66. The van der Waals surface area contributed by atoms with Gasteiger partial charge in [0, 0.05) is 29.9 Å². The number of allylic oxidation sites excluding steroid dienone is 1. The third kappa shape index (κ3) is 3.97. The minimum Gasteiger partial charge on any atom is -0.365 e. The van der Waals surface area contributed by atoms with Crippen LogP contribution >= 0.6 is 11.6 Å². The van der Waals surface area contributed by atoms with Gasteiger partial charge in [0.05, 0.1) is 32.7 Å². The van der Waals surface area contributed by atoms with Gasteiger partial charge in [-0.2, -0.15) is 5.10 Å². The Labute approximate surface area is 177 Å². The molecule has 0 unspecified atom stereocenters. The van der Waals surface area contributed by atoms with Gasteiger partial charge in [-0.25, -0.2) is 0 Å². The molecular formula is C20H20ClN5O4. The Kier molecular flexibility index (Phi) is 5.49. The fourth-order valence-electron chi connectivity index (χ4n) is 3.34. The Bertz CT molecular complexity index is 1110. The van der Waals surface area contributed by atoms with Crippen LogP contribution < -0.4 is 10.3 Å². The molecule has 0 atom stereocenters. The summed E-state index contributed by atoms with van der Waals surface area (Å²) in [4.78, 5) is 22.8. The average molecular weight is 430 g/mol. The van der Waals surface area contributed by atoms with Crippen molar-refractivity contribution in [3.05, 3.63) is 72.8 Å². The lowest BCUT2D eigenvalue weighted by atomic mass is 9.88. The van der Waals surface area contributed by atoms with Crippen LogP contribution in [-0.2, 0) is 0 Å². The molecule has 1 aliphatic heterocycles. The fourth-order valence-corrected chi connectivity index (χ4v) is 3.54. The number of hydrazone groups is 1. The molecule has 2 aromatic carbocycles. The summed E-state index contributed by atoms with van der Waals surface area (Å²) in [6, 6.07) is 7.07. The van der Waals surface area contributed by atoms with Gasteiger partial charge in [0.1, 0.15) is 5.69 Å². The number of halogens is 1. The predicted molar refractivity (Wildman–Crippen MR) is 119 cm³/mol. The third-order valence-electron chi connectivity index (χ3n) is 5.11. The number of nitro benzene ring substituents is 2. The van der Waals surface area contributed by atoms with Gasteiger partial charge in [-0.05, 0) is 44.5 Å². The summed E-state index contributed by atoms with van der Waals surface area (Å²) in [7, 11) is 2.00. The normalized spacial score (nSPS) is 15.0. The van der Waals surface area contributed by atoms with Crippen molar-refractivity contribution in [3.8, 4) is 0 Å². The maximum absolute atomic E-state index is 11.2. The van der Waals surface area contributed by atoms with E-state index in [9.17, 15) is 20.2 Å². The minimum absolute atomic E-state index is 0.0356. The summed E-state index contributed by atoms with van der Waals surface area (Å²) in [5, 5.41) is 26.6. The van der Waals surface area contributed by atoms with Crippen LogP contribution in [0.25, 0.3) is 5.57 Å². The molecule has 0 aromatic heterocycles. The number of likely N-dealkylation sites (N-methyl/N-ethyl adjacent to an activating group) is 1. The highest BCUT2D eigenvalue weighted by atomic mass is 35.5. The number of rotatable bonds is 5. The van der Waals surface area contributed by atoms with Crippen molar-refractivity contribution in [1.29, 1.82) is 0 Å². The first-order valence-electron chi connectivity index (χ1n) is 9.00. The molecular weight excluding hydrogens is 410 g/mol. The second-order valence-electron chi connectivity index (χ2n) is 7.52. The van der Waals surface area contributed by atoms with E-state index >= 15 is 0 Å². The topological polar surface area (TPSA) is 114 Å². The Hall–Kier alpha value is -3.46. The van der Waals surface area contributed by atoms with Crippen LogP contribution in [0.5, 0.6) is 0 Å². The lowest BCUT2D eigenvalue weighted by Gasteiger charge is -2.40. The number of nitrogens with zero attached hydrogens (tertiary/aromatic N) is 4. The zero-order valence-electron chi connectivity index (χ0n) is 16.8. The van der Waals surface area contributed by atoms with E-state index in [-0.39, 0.29) is 16.9 Å². The highest BCUT2D eigenvalue weighted by Crippen LogP contribution is 2.40. The predicted octanol–water partition coefficient (Wildman–Crippen LogP) is 5.23. The lowest BCUT2D eigenvalue weighted by Crippen LogP contribution is -2.42. The first-order chi connectivity index (χ1) is 14.0. The molecule has 0 fully saturated rings. The Morgan fingerprint density at radius 2 is 1.87 bits per heavy atom. The van der Waals surface area contributed by atoms with Crippen LogP contribution in [0.15, 0.2) is 41.5 Å². The molecule has 0 saturated heterocycles. The van der Waals surface area contributed by atoms with Crippen molar-refractivity contribution in [2.24, 2.45) is 5.10 Å². The number of hydrogen-bond donors (Lipinski definition) is 1. The first-order valence-corrected chi connectivity index (χ1v) is 9.38. The molecule has 9 nitrogen and oxygen atoms in total. The maximum atomic E-state index is 11.2. The Morgan fingerprint density at radius 3 is 2.50 bits per heavy atom. The van der Waals surface area contributed by atoms with Gasteiger partial charge < -0.3 is 4.90 Å². The summed E-state index contributed by atoms with van der Waals surface area (Å²) >= 11 is 6.44. The molecule has 0 aliphatic carbocycles. The third-order valence-corrected chi connectivity index (χ3v) is 5.44. The zero-order chi connectivity index (χ0) is 22.2. The number of anilines is 2. The molecule has 1 heterocycles. The number of hydrogen-bond acceptors (Lipinski definition) is 7. The van der Waals surface area contributed by atoms with Crippen molar-refractivity contribution in [2.75, 3.05) is 17.4 Å². The molecule has 3 rings (SSSR count). The van der Waals surface area contributed by atoms with E-state index in [1.807, 2.05) is 26.1 Å². The smallest absolute Gasteiger partial charge is 0.301 e. The van der Waals surface area contributed by atoms with E-state index in [4.69, 9.17) is 11.6 Å². The molecule has 2 aromatic rings. The lowest BCUT2D eigenvalue weighted by molar-refractivity contribution is -0.393. The van der Waals surface area contributed by atoms with Crippen molar-refractivity contribution in [3.63, 3.8) is 0 Å². The van der Waals surface area contributed by atoms with Gasteiger partial charge >= 0.3 is 5.69 Å². The summed E-state index contributed by atoms with van der Waals surface area (Å²) < 4.78 is 0. The molecule has 0 radical (unpaired) electrons. The molecule has 10 heteroatoms. The van der Waals surface area contributed by atoms with Gasteiger partial charge in [0.15, 0.2) is 0 Å². The van der Waals surface area contributed by atoms with E-state index < -0.39 is 15.5 Å². The van der Waals surface area contributed by atoms with Crippen molar-refractivity contribution >= 4 is 46.1 Å². The molecule has 0 bridgehead atoms. The van der Waals surface area contributed by atoms with Crippen LogP contribution in [0.4, 0.5) is 22.7 Å². The van der Waals surface area contributed by atoms with Crippen molar-refractivity contribution in [2.45, 2.75) is 26.3 Å². The highest BCUT2D eigenvalue weighted by Gasteiger charge is 2.29. The van der Waals surface area contributed by atoms with E-state index in [1.165, 1.54) is 18.3 Å². The minimum atomic E-state index is -0.706. The first kappa shape index (κ1) is 21.3. The molecule has 0 spiro atoms. The van der Waals surface area contributed by atoms with Gasteiger partial charge in [0.25, 0.3) is 5.69 Å². The summed E-state index contributed by atoms with van der Waals surface area (Å²) in [6.07, 6.45) is 3.63. The van der Waals surface area contributed by atoms with E-state index in [0.29, 0.717) is 10.6 Å². The second-order valence-corrected chi connectivity index (χ2v) is 7.92. The summed E-state index contributed by atoms with van der Waals surface area (Å²) in [5.41, 5.74) is 5.41. The number of benzene rings is 2. The van der Waals surface area contributed by atoms with E-state index in [2.05, 4.69) is 35.4 Å². The van der Waals surface area contributed by atoms with Crippen LogP contribution in [0.2, 0.25) is 5.02 Å². The quantitative estimate of drug-likeness (QED) is 0.395. The van der Waals surface area contributed by atoms with E-state index in [0.717, 1.165) is 22.9 Å². The van der Waals surface area contributed by atoms with Gasteiger partial charge in [-0.3, -0.25) is 25.7 Å². The molecule has 30 heavy (non-hydrogen) atoms. The summed E-state index contributed by atoms with van der Waals surface area (Å²) in [6.45, 7) is 6.26. The van der Waals surface area contributed by atoms with Crippen LogP contribution in [0.1, 0.15) is 31.9 Å². The van der Waals surface area contributed by atoms with Crippen LogP contribution in [0.3, 0.4) is 0 Å². The highest BCUT2D eigenvalue weighted by molar-refractivity contribution is 6.33. The number of fused-ring (bicyclic) bond motifs is 1.